The van der Waals surface area contributed by atoms with Crippen LogP contribution in [0.1, 0.15) is 0 Å². The molecule has 0 saturated carbocycles. The maximum atomic E-state index is 8.74. The molecule has 0 aromatic carbocycles. The third-order valence-electron chi connectivity index (χ3n) is 0. The summed E-state index contributed by atoms with van der Waals surface area (Å²) in [5, 5.41) is 0. The summed E-state index contributed by atoms with van der Waals surface area (Å²) < 4.78 is 63.2. The Morgan fingerprint density at radius 1 is 0.556 bits per heavy atom. The fourth-order valence-electron chi connectivity index (χ4n) is 0. The first-order valence-electron chi connectivity index (χ1n) is 1.40. The molecule has 0 amide bonds. The fourth-order valence-corrected chi connectivity index (χ4v) is 0. The van der Waals surface area contributed by atoms with Crippen LogP contribution in [0.5, 0.6) is 0 Å². The van der Waals surface area contributed by atoms with E-state index in [1.54, 1.807) is 0 Å². The van der Waals surface area contributed by atoms with E-state index in [1.807, 2.05) is 0 Å². The molecule has 4 N–H and O–H groups in total. The number of halogens is 3. The van der Waals surface area contributed by atoms with E-state index in [1.165, 1.54) is 0 Å². The molecule has 0 aliphatic carbocycles. The maximum Gasteiger partial charge on any atom is 0.316 e. The second-order valence-electron chi connectivity index (χ2n) is 0.896. The molecule has 0 aromatic heterocycles. The molecule has 0 bridgehead atoms. The van der Waals surface area contributed by atoms with Crippen LogP contribution in [0, 0.1) is 0 Å². The summed E-state index contributed by atoms with van der Waals surface area (Å²) in [6, 6.07) is 0. The van der Waals surface area contributed by atoms with Crippen LogP contribution in [0.25, 0.3) is 0 Å². The van der Waals surface area contributed by atoms with Crippen LogP contribution in [0.15, 0.2) is 0 Å². The summed E-state index contributed by atoms with van der Waals surface area (Å²) in [6.45, 7) is 0. The van der Waals surface area contributed by atoms with Crippen molar-refractivity contribution in [1.82, 2.24) is 0 Å². The Bertz CT molecular complexity index is 237. The van der Waals surface area contributed by atoms with Crippen LogP contribution in [-0.4, -0.2) is 222 Å². The molecule has 0 heterocycles. The molecule has 8 nitrogen and oxygen atoms in total. The second-order valence-corrected chi connectivity index (χ2v) is 2.69. The first-order valence-corrected chi connectivity index (χ1v) is 4.19. The van der Waals surface area contributed by atoms with Gasteiger partial charge < -0.3 is 0 Å². The van der Waals surface area contributed by atoms with Crippen LogP contribution in [0.4, 0.5) is 0 Å². The fraction of sp³-hybridized carbons (Fsp3) is 0. The topological polar surface area (TPSA) is 149 Å². The number of rotatable bonds is 0. The molecular weight excluding hydrogens is 465 g/mol. The molecule has 0 aliphatic heterocycles. The molecule has 0 fully saturated rings. The van der Waals surface area contributed by atoms with Gasteiger partial charge in [0.1, 0.15) is 0 Å². The van der Waals surface area contributed by atoms with E-state index >= 15 is 0 Å². The summed E-state index contributed by atoms with van der Waals surface area (Å²) >= 11 is 0. The van der Waals surface area contributed by atoms with Crippen LogP contribution in [-0.2, 0) is 20.8 Å². The summed E-state index contributed by atoms with van der Waals surface area (Å²) in [4.78, 5) is 0. The zero-order chi connectivity index (χ0) is 9.00. The first-order chi connectivity index (χ1) is 4.00. The predicted octanol–water partition coefficient (Wildman–Crippen LogP) is -4.09. The van der Waals surface area contributed by atoms with Crippen molar-refractivity contribution >= 4 is 245 Å². The van der Waals surface area contributed by atoms with Crippen molar-refractivity contribution < 1.29 is 35.0 Å². The molecular formula is H15CaCl3K2Mg2O8S2. The Morgan fingerprint density at radius 2 is 0.556 bits per heavy atom. The van der Waals surface area contributed by atoms with Gasteiger partial charge in [0.25, 0.3) is 0 Å². The molecule has 0 aliphatic rings. The van der Waals surface area contributed by atoms with E-state index in [0.29, 0.717) is 0 Å². The van der Waals surface area contributed by atoms with Crippen LogP contribution >= 0.6 is 37.2 Å². The normalized spacial score (nSPS) is 6.44. The average Bonchev–Trinajstić information content (AvgIpc) is 1.12. The van der Waals surface area contributed by atoms with Gasteiger partial charge in [0.2, 0.25) is 0 Å². The predicted molar refractivity (Wildman–Crippen MR) is 90.0 cm³/mol. The first kappa shape index (κ1) is 64.2. The van der Waals surface area contributed by atoms with E-state index in [4.69, 9.17) is 35.0 Å². The van der Waals surface area contributed by atoms with Gasteiger partial charge in [-0.15, -0.1) is 37.2 Å². The smallest absolute Gasteiger partial charge is 0.316 e. The van der Waals surface area contributed by atoms with Gasteiger partial charge in [-0.05, 0) is 0 Å². The van der Waals surface area contributed by atoms with Gasteiger partial charge >= 0.3 is 207 Å². The zero-order valence-corrected chi connectivity index (χ0v) is 9.55. The van der Waals surface area contributed by atoms with Gasteiger partial charge in [0.15, 0.2) is 0 Å². The summed E-state index contributed by atoms with van der Waals surface area (Å²) in [5.74, 6) is 0. The summed E-state index contributed by atoms with van der Waals surface area (Å²) in [5.41, 5.74) is 0. The van der Waals surface area contributed by atoms with Crippen LogP contribution < -0.4 is 0 Å². The largest absolute Gasteiger partial charge is 0.316 e. The van der Waals surface area contributed by atoms with Crippen molar-refractivity contribution in [3.63, 3.8) is 0 Å². The molecule has 0 unspecified atom stereocenters. The second kappa shape index (κ2) is 34.9. The van der Waals surface area contributed by atoms with Crippen molar-refractivity contribution in [3.8, 4) is 0 Å². The van der Waals surface area contributed by atoms with Gasteiger partial charge in [-0.25, -0.2) is 0 Å². The quantitative estimate of drug-likeness (QED) is 0.202. The van der Waals surface area contributed by atoms with E-state index in [-0.39, 0.29) is 224 Å². The van der Waals surface area contributed by atoms with Crippen molar-refractivity contribution in [2.24, 2.45) is 0 Å². The van der Waals surface area contributed by atoms with Gasteiger partial charge in [-0.2, -0.15) is 16.8 Å². The van der Waals surface area contributed by atoms with E-state index < -0.39 is 20.8 Å². The summed E-state index contributed by atoms with van der Waals surface area (Å²) in [6.07, 6.45) is 0. The molecule has 104 valence electrons. The van der Waals surface area contributed by atoms with Crippen molar-refractivity contribution in [2.45, 2.75) is 0 Å². The third kappa shape index (κ3) is 239. The minimum Gasteiger partial charge on any atom is 0.316 e. The van der Waals surface area contributed by atoms with Crippen LogP contribution in [0.3, 0.4) is 0 Å². The van der Waals surface area contributed by atoms with E-state index in [0.717, 1.165) is 0 Å². The van der Waals surface area contributed by atoms with Gasteiger partial charge in [0, 0.05) is 0 Å². The molecule has 0 spiro atoms. The number of hydrogen-bond acceptors (Lipinski definition) is 4. The Labute approximate surface area is 272 Å². The maximum absolute atomic E-state index is 8.74. The molecule has 0 aromatic rings. The van der Waals surface area contributed by atoms with Crippen molar-refractivity contribution in [1.29, 1.82) is 0 Å². The Balaban J connectivity index is -0.00000000615. The minimum atomic E-state index is -4.67. The molecule has 0 saturated heterocycles. The molecule has 18 heavy (non-hydrogen) atoms. The zero-order valence-electron chi connectivity index (χ0n) is 5.46. The Kier molecular flexibility index (Phi) is 125. The minimum absolute atomic E-state index is 0. The summed E-state index contributed by atoms with van der Waals surface area (Å²) in [7, 11) is -9.33. The Hall–Kier alpha value is 6.67. The van der Waals surface area contributed by atoms with Gasteiger partial charge in [-0.3, -0.25) is 18.2 Å². The molecule has 18 heteroatoms. The molecule has 0 rings (SSSR count). The SMILES string of the molecule is Cl.Cl.Cl.O=S(=O)(O)O.O=S(=O)(O)O.[CaH2].[KH].[KH].[MgH2].[MgH2]. The van der Waals surface area contributed by atoms with E-state index in [2.05, 4.69) is 0 Å². The van der Waals surface area contributed by atoms with Crippen molar-refractivity contribution in [2.75, 3.05) is 0 Å². The van der Waals surface area contributed by atoms with Crippen LogP contribution in [0.2, 0.25) is 0 Å². The standard InChI is InChI=1S/Ca.3ClH.2K.2Mg.2H2O4S.8H/c;;;;;;;;2*1-5(2,3)4;;;;;;;;/h;3*1H;;;;;2*(H2,1,2,3,4);;;;;;;;. The number of hydrogen-bond donors (Lipinski definition) is 4. The molecule has 0 atom stereocenters. The molecule has 0 radical (unpaired) electrons. The van der Waals surface area contributed by atoms with Gasteiger partial charge in [0.05, 0.1) is 0 Å². The average molecular weight is 480 g/mol. The van der Waals surface area contributed by atoms with Gasteiger partial charge in [-0.1, -0.05) is 0 Å². The van der Waals surface area contributed by atoms with Crippen molar-refractivity contribution in [3.05, 3.63) is 0 Å². The Morgan fingerprint density at radius 3 is 0.556 bits per heavy atom. The third-order valence-corrected chi connectivity index (χ3v) is 0. The monoisotopic (exact) mass is 478 g/mol. The van der Waals surface area contributed by atoms with E-state index in [9.17, 15) is 0 Å².